The number of ether oxygens (including phenoxy) is 3. The highest BCUT2D eigenvalue weighted by molar-refractivity contribution is 6.34. The van der Waals surface area contributed by atoms with Crippen molar-refractivity contribution < 1.29 is 51.0 Å². The maximum Gasteiger partial charge on any atom is 0.420 e. The molecule has 1 aliphatic rings. The number of anilines is 2. The summed E-state index contributed by atoms with van der Waals surface area (Å²) in [6, 6.07) is 21.3. The Morgan fingerprint density at radius 1 is 0.629 bits per heavy atom. The van der Waals surface area contributed by atoms with Crippen LogP contribution in [0.5, 0.6) is 5.75 Å². The number of halogens is 6. The number of methoxy groups -OCH3 is 2. The molecule has 5 aromatic carbocycles. The molecule has 5 aromatic rings. The first-order valence-corrected chi connectivity index (χ1v) is 19.9. The Balaban J connectivity index is 0.000000234. The highest BCUT2D eigenvalue weighted by atomic mass is 35.5. The molecule has 3 amide bonds. The number of benzene rings is 5. The molecule has 1 saturated heterocycles. The number of amides is 3. The van der Waals surface area contributed by atoms with Crippen molar-refractivity contribution in [3.8, 4) is 5.75 Å². The lowest BCUT2D eigenvalue weighted by Gasteiger charge is -2.37. The van der Waals surface area contributed by atoms with Gasteiger partial charge in [-0.3, -0.25) is 9.80 Å². The molecule has 6 rings (SSSR count). The van der Waals surface area contributed by atoms with Crippen LogP contribution in [-0.4, -0.2) is 80.8 Å². The third-order valence-electron chi connectivity index (χ3n) is 9.77. The van der Waals surface area contributed by atoms with Crippen molar-refractivity contribution in [3.05, 3.63) is 158 Å². The van der Waals surface area contributed by atoms with Crippen LogP contribution < -0.4 is 14.5 Å². The van der Waals surface area contributed by atoms with E-state index in [2.05, 4.69) is 21.3 Å². The summed E-state index contributed by atoms with van der Waals surface area (Å²) >= 11 is 12.4. The number of carbonyl (C=O) groups is 4. The largest absolute Gasteiger partial charge is 0.465 e. The van der Waals surface area contributed by atoms with Crippen molar-refractivity contribution in [1.29, 1.82) is 0 Å². The molecule has 1 fully saturated rings. The van der Waals surface area contributed by atoms with Crippen LogP contribution in [0.3, 0.4) is 0 Å². The summed E-state index contributed by atoms with van der Waals surface area (Å²) in [5.74, 6) is -3.58. The molecule has 0 atom stereocenters. The van der Waals surface area contributed by atoms with Crippen LogP contribution in [0.4, 0.5) is 38.5 Å². The van der Waals surface area contributed by atoms with Gasteiger partial charge in [-0.15, -0.1) is 0 Å². The third kappa shape index (κ3) is 12.0. The van der Waals surface area contributed by atoms with E-state index in [1.807, 2.05) is 6.92 Å². The van der Waals surface area contributed by atoms with Crippen molar-refractivity contribution >= 4 is 58.6 Å². The molecule has 0 aromatic heterocycles. The lowest BCUT2D eigenvalue weighted by Crippen LogP contribution is -2.52. The van der Waals surface area contributed by atoms with Crippen LogP contribution in [0.25, 0.3) is 0 Å². The van der Waals surface area contributed by atoms with Gasteiger partial charge in [0.1, 0.15) is 29.0 Å². The fourth-order valence-electron chi connectivity index (χ4n) is 6.27. The summed E-state index contributed by atoms with van der Waals surface area (Å²) in [4.78, 5) is 55.8. The van der Waals surface area contributed by atoms with Gasteiger partial charge in [0.25, 0.3) is 0 Å². The van der Waals surface area contributed by atoms with Gasteiger partial charge in [-0.2, -0.15) is 0 Å². The van der Waals surface area contributed by atoms with E-state index in [9.17, 15) is 36.7 Å². The first kappa shape index (κ1) is 46.9. The van der Waals surface area contributed by atoms with Gasteiger partial charge in [-0.25, -0.2) is 36.7 Å². The number of rotatable bonds is 10. The van der Waals surface area contributed by atoms with E-state index in [4.69, 9.17) is 27.9 Å². The Kier molecular flexibility index (Phi) is 16.3. The minimum absolute atomic E-state index is 0.0253. The topological polar surface area (TPSA) is 109 Å². The molecule has 0 spiro atoms. The van der Waals surface area contributed by atoms with E-state index < -0.39 is 41.3 Å². The lowest BCUT2D eigenvalue weighted by molar-refractivity contribution is 0.0591. The average molecular weight is 898 g/mol. The predicted octanol–water partition coefficient (Wildman–Crippen LogP) is 10.1. The van der Waals surface area contributed by atoms with Crippen LogP contribution in [0, 0.1) is 30.2 Å². The fourth-order valence-corrected chi connectivity index (χ4v) is 6.81. The van der Waals surface area contributed by atoms with Gasteiger partial charge in [-0.1, -0.05) is 60.0 Å². The number of nitrogens with zero attached hydrogens (tertiary/aromatic N) is 4. The molecule has 0 saturated carbocycles. The van der Waals surface area contributed by atoms with Gasteiger partial charge in [0, 0.05) is 37.3 Å². The summed E-state index contributed by atoms with van der Waals surface area (Å²) in [7, 11) is 2.40. The van der Waals surface area contributed by atoms with Gasteiger partial charge in [-0.05, 0) is 86.3 Å². The monoisotopic (exact) mass is 896 g/mol. The van der Waals surface area contributed by atoms with E-state index >= 15 is 0 Å². The molecule has 1 aliphatic heterocycles. The second-order valence-corrected chi connectivity index (χ2v) is 14.7. The molecular weight excluding hydrogens is 855 g/mol. The molecule has 0 radical (unpaired) electrons. The highest BCUT2D eigenvalue weighted by Gasteiger charge is 2.29. The molecule has 0 bridgehead atoms. The van der Waals surface area contributed by atoms with E-state index in [1.54, 1.807) is 29.2 Å². The van der Waals surface area contributed by atoms with Gasteiger partial charge in [0.2, 0.25) is 0 Å². The second kappa shape index (κ2) is 21.6. The maximum absolute atomic E-state index is 14.7. The summed E-state index contributed by atoms with van der Waals surface area (Å²) in [6.45, 7) is 6.93. The molecule has 0 unspecified atom stereocenters. The number of urea groups is 1. The van der Waals surface area contributed by atoms with Crippen LogP contribution >= 0.6 is 23.2 Å². The smallest absolute Gasteiger partial charge is 0.420 e. The Morgan fingerprint density at radius 2 is 1.10 bits per heavy atom. The summed E-state index contributed by atoms with van der Waals surface area (Å²) in [6.07, 6.45) is -0.839. The van der Waals surface area contributed by atoms with Crippen LogP contribution in [0.1, 0.15) is 44.3 Å². The number of piperazine rings is 1. The number of esters is 2. The van der Waals surface area contributed by atoms with Crippen LogP contribution in [0.15, 0.2) is 97.1 Å². The minimum atomic E-state index is -0.839. The Bertz CT molecular complexity index is 2420. The zero-order valence-corrected chi connectivity index (χ0v) is 35.6. The summed E-state index contributed by atoms with van der Waals surface area (Å²) in [5, 5.41) is -0.000390. The number of carbonyl (C=O) groups excluding carboxylic acids is 4. The van der Waals surface area contributed by atoms with Crippen molar-refractivity contribution in [1.82, 2.24) is 9.80 Å². The average Bonchev–Trinajstić information content (AvgIpc) is 3.26. The molecule has 0 N–H and O–H groups in total. The Labute approximate surface area is 365 Å². The predicted molar refractivity (Wildman–Crippen MR) is 227 cm³/mol. The Hall–Kier alpha value is -6.16. The third-order valence-corrected chi connectivity index (χ3v) is 10.4. The van der Waals surface area contributed by atoms with Crippen molar-refractivity contribution in [3.63, 3.8) is 0 Å². The van der Waals surface area contributed by atoms with Crippen LogP contribution in [0.2, 0.25) is 10.0 Å². The quantitative estimate of drug-likeness (QED) is 0.101. The molecule has 326 valence electrons. The Morgan fingerprint density at radius 3 is 1.53 bits per heavy atom. The zero-order chi connectivity index (χ0) is 45.1. The fraction of sp³-hybridized carbons (Fsp3) is 0.244. The van der Waals surface area contributed by atoms with Crippen molar-refractivity contribution in [2.24, 2.45) is 0 Å². The molecule has 17 heteroatoms. The zero-order valence-electron chi connectivity index (χ0n) is 34.1. The summed E-state index contributed by atoms with van der Waals surface area (Å²) < 4.78 is 71.1. The van der Waals surface area contributed by atoms with Gasteiger partial charge >= 0.3 is 24.1 Å². The van der Waals surface area contributed by atoms with Gasteiger partial charge in [0.05, 0.1) is 59.9 Å². The number of likely N-dealkylation sites (N-methyl/N-ethyl adjacent to an activating group) is 1. The van der Waals surface area contributed by atoms with E-state index in [-0.39, 0.29) is 68.5 Å². The SMILES string of the molecule is CCN1CCN(C(=O)N(Cc2ccc(C(=O)OC)cc2F)c2ccc(F)cc2Cl)CC1.COC(=O)c1ccc(CN(C(=O)Oc2ccc(C)cc2)c2ccc(F)cc2Cl)c(F)c1. The summed E-state index contributed by atoms with van der Waals surface area (Å²) in [5.41, 5.74) is 1.77. The normalized spacial score (nSPS) is 12.5. The molecule has 1 heterocycles. The van der Waals surface area contributed by atoms with E-state index in [0.717, 1.165) is 60.4 Å². The van der Waals surface area contributed by atoms with E-state index in [0.29, 0.717) is 13.1 Å². The number of aryl methyl sites for hydroxylation is 1. The minimum Gasteiger partial charge on any atom is -0.465 e. The maximum atomic E-state index is 14.7. The first-order valence-electron chi connectivity index (χ1n) is 19.1. The van der Waals surface area contributed by atoms with Gasteiger partial charge in [0.15, 0.2) is 0 Å². The van der Waals surface area contributed by atoms with Gasteiger partial charge < -0.3 is 24.0 Å². The number of hydrogen-bond acceptors (Lipinski definition) is 8. The molecule has 62 heavy (non-hydrogen) atoms. The van der Waals surface area contributed by atoms with Crippen molar-refractivity contribution in [2.45, 2.75) is 26.9 Å². The highest BCUT2D eigenvalue weighted by Crippen LogP contribution is 2.32. The second-order valence-electron chi connectivity index (χ2n) is 13.8. The number of hydrogen-bond donors (Lipinski definition) is 0. The first-order chi connectivity index (χ1) is 29.6. The molecular formula is C45H42Cl2F4N4O7. The van der Waals surface area contributed by atoms with E-state index in [1.165, 1.54) is 61.6 Å². The van der Waals surface area contributed by atoms with Crippen molar-refractivity contribution in [2.75, 3.05) is 56.7 Å². The standard InChI is InChI=1S/C23H18ClF2NO4.C22H24ClF2N3O3/c1-14-3-8-18(9-4-14)31-23(29)27(21-10-7-17(25)12-19(21)24)13-16-6-5-15(11-20(16)26)22(28)30-2;1-3-26-8-10-27(11-9-26)22(30)28(20-7-6-17(24)13-18(20)23)14-16-5-4-15(12-19(16)25)21(29)31-2/h3-12H,13H2,1-2H3;4-7,12-13H,3,8-11,14H2,1-2H3. The molecule has 11 nitrogen and oxygen atoms in total. The molecule has 0 aliphatic carbocycles. The lowest BCUT2D eigenvalue weighted by atomic mass is 10.1. The van der Waals surface area contributed by atoms with Crippen LogP contribution in [-0.2, 0) is 22.6 Å².